The van der Waals surface area contributed by atoms with Gasteiger partial charge in [0, 0.05) is 21.8 Å². The van der Waals surface area contributed by atoms with Gasteiger partial charge in [0.2, 0.25) is 5.91 Å². The number of thioether (sulfide) groups is 1. The largest absolute Gasteiger partial charge is 0.325 e. The van der Waals surface area contributed by atoms with Crippen LogP contribution in [0.2, 0.25) is 10.0 Å². The first kappa shape index (κ1) is 32.6. The van der Waals surface area contributed by atoms with Crippen LogP contribution in [0.1, 0.15) is 32.3 Å². The highest BCUT2D eigenvalue weighted by atomic mass is 35.5. The maximum absolute atomic E-state index is 13.5. The molecular weight excluding hydrogens is 637 g/mol. The van der Waals surface area contributed by atoms with Gasteiger partial charge < -0.3 is 16.0 Å². The summed E-state index contributed by atoms with van der Waals surface area (Å²) in [4.78, 5) is 40.7. The van der Waals surface area contributed by atoms with E-state index in [9.17, 15) is 14.4 Å². The summed E-state index contributed by atoms with van der Waals surface area (Å²) in [6, 6.07) is 38.0. The second-order valence-corrected chi connectivity index (χ2v) is 12.2. The second-order valence-electron chi connectivity index (χ2n) is 10.3. The van der Waals surface area contributed by atoms with Crippen LogP contribution in [0.3, 0.4) is 0 Å². The van der Waals surface area contributed by atoms with Crippen LogP contribution >= 0.6 is 35.0 Å². The molecule has 0 spiro atoms. The molecule has 5 rings (SSSR count). The van der Waals surface area contributed by atoms with Gasteiger partial charge >= 0.3 is 0 Å². The van der Waals surface area contributed by atoms with E-state index >= 15 is 0 Å². The molecule has 0 radical (unpaired) electrons. The van der Waals surface area contributed by atoms with Gasteiger partial charge in [-0.15, -0.1) is 11.8 Å². The summed E-state index contributed by atoms with van der Waals surface area (Å²) in [6.07, 6.45) is 1.48. The van der Waals surface area contributed by atoms with Gasteiger partial charge in [0.25, 0.3) is 11.8 Å². The molecule has 0 saturated heterocycles. The lowest BCUT2D eigenvalue weighted by molar-refractivity contribution is -0.116. The van der Waals surface area contributed by atoms with E-state index in [1.165, 1.54) is 17.8 Å². The SMILES string of the molecule is Cc1cccc(NC(=O)C(Sc2ccc(NC(=O)/C(=C/c3cccc(Cl)c3Cl)NC(=O)c3ccccc3)cc2)c2ccccc2)c1. The molecule has 230 valence electrons. The van der Waals surface area contributed by atoms with Crippen molar-refractivity contribution in [2.24, 2.45) is 0 Å². The standard InChI is InChI=1S/C37H29Cl2N3O3S/c1-24-10-8-16-29(22-24)41-37(45)34(25-11-4-2-5-12-25)46-30-20-18-28(19-21-30)40-36(44)32(23-27-15-9-17-31(38)33(27)39)42-35(43)26-13-6-3-7-14-26/h2-23,34H,1H3,(H,40,44)(H,41,45)(H,42,43)/b32-23-. The molecule has 0 aliphatic rings. The zero-order valence-corrected chi connectivity index (χ0v) is 27.0. The van der Waals surface area contributed by atoms with Crippen molar-refractivity contribution in [2.75, 3.05) is 10.6 Å². The van der Waals surface area contributed by atoms with Crippen molar-refractivity contribution >= 4 is 70.1 Å². The average molecular weight is 667 g/mol. The Hall–Kier alpha value is -4.82. The normalized spacial score (nSPS) is 11.8. The molecular formula is C37H29Cl2N3O3S. The van der Waals surface area contributed by atoms with E-state index in [1.54, 1.807) is 60.7 Å². The number of hydrogen-bond donors (Lipinski definition) is 3. The minimum atomic E-state index is -0.555. The van der Waals surface area contributed by atoms with E-state index in [0.29, 0.717) is 21.8 Å². The molecule has 0 aliphatic carbocycles. The molecule has 0 aromatic heterocycles. The van der Waals surface area contributed by atoms with E-state index < -0.39 is 17.1 Å². The predicted molar refractivity (Wildman–Crippen MR) is 188 cm³/mol. The molecule has 46 heavy (non-hydrogen) atoms. The van der Waals surface area contributed by atoms with Crippen molar-refractivity contribution in [2.45, 2.75) is 17.1 Å². The topological polar surface area (TPSA) is 87.3 Å². The lowest BCUT2D eigenvalue weighted by Gasteiger charge is -2.18. The Labute approximate surface area is 281 Å². The number of nitrogens with one attached hydrogen (secondary N) is 3. The van der Waals surface area contributed by atoms with E-state index in [4.69, 9.17) is 23.2 Å². The molecule has 3 amide bonds. The minimum absolute atomic E-state index is 0.0200. The maximum Gasteiger partial charge on any atom is 0.272 e. The van der Waals surface area contributed by atoms with Gasteiger partial charge in [-0.3, -0.25) is 14.4 Å². The lowest BCUT2D eigenvalue weighted by Crippen LogP contribution is -2.30. The third kappa shape index (κ3) is 8.67. The number of carbonyl (C=O) groups is 3. The van der Waals surface area contributed by atoms with Crippen molar-refractivity contribution in [3.63, 3.8) is 0 Å². The quantitative estimate of drug-likeness (QED) is 0.103. The average Bonchev–Trinajstić information content (AvgIpc) is 3.06. The molecule has 6 nitrogen and oxygen atoms in total. The fourth-order valence-electron chi connectivity index (χ4n) is 4.51. The smallest absolute Gasteiger partial charge is 0.272 e. The van der Waals surface area contributed by atoms with Crippen LogP contribution in [0.4, 0.5) is 11.4 Å². The Kier molecular flexibility index (Phi) is 10.9. The number of benzene rings is 5. The van der Waals surface area contributed by atoms with Gasteiger partial charge in [-0.05, 0) is 84.3 Å². The summed E-state index contributed by atoms with van der Waals surface area (Å²) in [6.45, 7) is 1.97. The van der Waals surface area contributed by atoms with Crippen LogP contribution in [0, 0.1) is 6.92 Å². The van der Waals surface area contributed by atoms with E-state index in [2.05, 4.69) is 16.0 Å². The van der Waals surface area contributed by atoms with Gasteiger partial charge in [0.1, 0.15) is 10.9 Å². The molecule has 5 aromatic carbocycles. The predicted octanol–water partition coefficient (Wildman–Crippen LogP) is 9.18. The molecule has 1 unspecified atom stereocenters. The van der Waals surface area contributed by atoms with E-state index in [0.717, 1.165) is 21.7 Å². The molecule has 0 aliphatic heterocycles. The summed E-state index contributed by atoms with van der Waals surface area (Å²) in [5.74, 6) is -1.16. The first-order valence-electron chi connectivity index (χ1n) is 14.3. The van der Waals surface area contributed by atoms with Gasteiger partial charge in [-0.25, -0.2) is 0 Å². The Morgan fingerprint density at radius 3 is 2.09 bits per heavy atom. The molecule has 0 saturated carbocycles. The van der Waals surface area contributed by atoms with E-state index in [1.807, 2.05) is 73.7 Å². The molecule has 3 N–H and O–H groups in total. The number of hydrogen-bond acceptors (Lipinski definition) is 4. The number of amides is 3. The second kappa shape index (κ2) is 15.5. The molecule has 0 heterocycles. The highest BCUT2D eigenvalue weighted by Gasteiger charge is 2.23. The Bertz CT molecular complexity index is 1880. The zero-order valence-electron chi connectivity index (χ0n) is 24.7. The number of halogens is 2. The van der Waals surface area contributed by atoms with Gasteiger partial charge in [-0.1, -0.05) is 96.0 Å². The van der Waals surface area contributed by atoms with Gasteiger partial charge in [0.15, 0.2) is 0 Å². The van der Waals surface area contributed by atoms with Crippen LogP contribution < -0.4 is 16.0 Å². The number of anilines is 2. The third-order valence-corrected chi connectivity index (χ3v) is 8.90. The van der Waals surface area contributed by atoms with Crippen LogP contribution in [0.5, 0.6) is 0 Å². The van der Waals surface area contributed by atoms with Crippen molar-refractivity contribution in [3.8, 4) is 0 Å². The fourth-order valence-corrected chi connectivity index (χ4v) is 5.90. The monoisotopic (exact) mass is 665 g/mol. The zero-order chi connectivity index (χ0) is 32.5. The van der Waals surface area contributed by atoms with Crippen molar-refractivity contribution in [1.82, 2.24) is 5.32 Å². The summed E-state index contributed by atoms with van der Waals surface area (Å²) in [5.41, 5.74) is 3.97. The molecule has 0 fully saturated rings. The highest BCUT2D eigenvalue weighted by Crippen LogP contribution is 2.37. The Morgan fingerprint density at radius 2 is 1.39 bits per heavy atom. The Morgan fingerprint density at radius 1 is 0.717 bits per heavy atom. The van der Waals surface area contributed by atoms with Crippen LogP contribution in [0.25, 0.3) is 6.08 Å². The maximum atomic E-state index is 13.5. The van der Waals surface area contributed by atoms with E-state index in [-0.39, 0.29) is 16.6 Å². The molecule has 0 bridgehead atoms. The highest BCUT2D eigenvalue weighted by molar-refractivity contribution is 8.00. The number of rotatable bonds is 10. The third-order valence-electron chi connectivity index (χ3n) is 6.80. The number of carbonyl (C=O) groups excluding carboxylic acids is 3. The van der Waals surface area contributed by atoms with Gasteiger partial charge in [0.05, 0.1) is 10.0 Å². The summed E-state index contributed by atoms with van der Waals surface area (Å²) >= 11 is 14.0. The van der Waals surface area contributed by atoms with Gasteiger partial charge in [-0.2, -0.15) is 0 Å². The van der Waals surface area contributed by atoms with Crippen molar-refractivity contribution in [1.29, 1.82) is 0 Å². The lowest BCUT2D eigenvalue weighted by atomic mass is 10.1. The first-order valence-corrected chi connectivity index (χ1v) is 15.9. The summed E-state index contributed by atoms with van der Waals surface area (Å²) < 4.78 is 0. The fraction of sp³-hybridized carbons (Fsp3) is 0.0541. The summed E-state index contributed by atoms with van der Waals surface area (Å²) in [5, 5.41) is 8.62. The molecule has 1 atom stereocenters. The van der Waals surface area contributed by atoms with Crippen LogP contribution in [-0.2, 0) is 9.59 Å². The van der Waals surface area contributed by atoms with Crippen molar-refractivity contribution in [3.05, 3.63) is 165 Å². The van der Waals surface area contributed by atoms with Crippen LogP contribution in [0.15, 0.2) is 138 Å². The molecule has 9 heteroatoms. The van der Waals surface area contributed by atoms with Crippen molar-refractivity contribution < 1.29 is 14.4 Å². The Balaban J connectivity index is 1.34. The van der Waals surface area contributed by atoms with Crippen LogP contribution in [-0.4, -0.2) is 17.7 Å². The molecule has 5 aromatic rings. The summed E-state index contributed by atoms with van der Waals surface area (Å²) in [7, 11) is 0. The first-order chi connectivity index (χ1) is 22.3. The number of aryl methyl sites for hydroxylation is 1. The minimum Gasteiger partial charge on any atom is -0.325 e.